The molecule has 7 nitrogen and oxygen atoms in total. The maximum Gasteiger partial charge on any atom is 0.245 e. The van der Waals surface area contributed by atoms with Crippen molar-refractivity contribution < 1.29 is 18.9 Å². The lowest BCUT2D eigenvalue weighted by Crippen LogP contribution is -2.52. The van der Waals surface area contributed by atoms with E-state index >= 15 is 0 Å². The van der Waals surface area contributed by atoms with Crippen LogP contribution in [0.2, 0.25) is 0 Å². The number of nitrogens with one attached hydrogen (secondary N) is 2. The second kappa shape index (κ2) is 26.3. The monoisotopic (exact) mass is 694 g/mol. The summed E-state index contributed by atoms with van der Waals surface area (Å²) in [6.07, 6.45) is 31.5. The van der Waals surface area contributed by atoms with Crippen LogP contribution in [-0.2, 0) is 13.8 Å². The van der Waals surface area contributed by atoms with Crippen LogP contribution in [0.25, 0.3) is 0 Å². The molecular weight excluding hydrogens is 619 g/mol. The fourth-order valence-corrected chi connectivity index (χ4v) is 9.69. The maximum atomic E-state index is 12.1. The minimum atomic E-state index is -0.504. The van der Waals surface area contributed by atoms with Crippen LogP contribution in [0.4, 0.5) is 0 Å². The molecule has 48 heavy (non-hydrogen) atoms. The number of unbranched alkanes of at least 4 members (excludes halogenated alkanes) is 2. The predicted molar refractivity (Wildman–Crippen MR) is 206 cm³/mol. The number of fused-ring (bicyclic) bond motifs is 5. The summed E-state index contributed by atoms with van der Waals surface area (Å²) in [5.74, 6) is 7.01. The summed E-state index contributed by atoms with van der Waals surface area (Å²) in [6.45, 7) is 12.8. The second-order valence-electron chi connectivity index (χ2n) is 14.2. The minimum Gasteiger partial charge on any atom is -0.395 e. The van der Waals surface area contributed by atoms with Crippen molar-refractivity contribution in [2.75, 3.05) is 26.0 Å². The van der Waals surface area contributed by atoms with Gasteiger partial charge in [0.2, 0.25) is 12.3 Å². The van der Waals surface area contributed by atoms with Crippen LogP contribution < -0.4 is 16.4 Å². The van der Waals surface area contributed by atoms with Crippen LogP contribution in [0.5, 0.6) is 0 Å². The topological polar surface area (TPSA) is 114 Å². The number of hydrogen-bond donors (Lipinski definition) is 4. The SMILES string of the molecule is C.C#CCC(NC=O)NC(=O)/C=C/CCCC1CCC2C3CCC4CCCCC4(C)C3CCC12C.CC.CCCCOSC.NCCO. The molecule has 0 spiro atoms. The fraction of sp³-hybridized carbons (Fsp3) is 0.850. The number of terminal acetylenes is 1. The van der Waals surface area contributed by atoms with Crippen molar-refractivity contribution in [3.63, 3.8) is 0 Å². The molecule has 0 aromatic rings. The minimum absolute atomic E-state index is 0. The Balaban J connectivity index is 0.00000135. The van der Waals surface area contributed by atoms with E-state index in [4.69, 9.17) is 21.4 Å². The highest BCUT2D eigenvalue weighted by molar-refractivity contribution is 7.93. The zero-order valence-corrected chi connectivity index (χ0v) is 31.7. The van der Waals surface area contributed by atoms with Gasteiger partial charge in [0.1, 0.15) is 6.17 Å². The Bertz CT molecular complexity index is 921. The largest absolute Gasteiger partial charge is 0.395 e. The molecule has 0 aliphatic heterocycles. The maximum absolute atomic E-state index is 12.1. The van der Waals surface area contributed by atoms with Crippen molar-refractivity contribution in [2.45, 2.75) is 151 Å². The normalized spacial score (nSPS) is 30.4. The van der Waals surface area contributed by atoms with Crippen molar-refractivity contribution in [1.82, 2.24) is 10.6 Å². The molecule has 0 aromatic carbocycles. The average molecular weight is 694 g/mol. The van der Waals surface area contributed by atoms with E-state index in [1.807, 2.05) is 26.2 Å². The first kappa shape index (κ1) is 46.5. The van der Waals surface area contributed by atoms with E-state index in [9.17, 15) is 9.59 Å². The van der Waals surface area contributed by atoms with Gasteiger partial charge in [0.15, 0.2) is 0 Å². The van der Waals surface area contributed by atoms with Crippen LogP contribution in [0, 0.1) is 52.8 Å². The van der Waals surface area contributed by atoms with E-state index in [2.05, 4.69) is 37.3 Å². The summed E-state index contributed by atoms with van der Waals surface area (Å²) in [6, 6.07) is 0. The molecule has 4 rings (SSSR count). The third-order valence-electron chi connectivity index (χ3n) is 11.7. The number of rotatable bonds is 14. The van der Waals surface area contributed by atoms with Crippen LogP contribution in [-0.4, -0.2) is 49.6 Å². The van der Waals surface area contributed by atoms with Crippen LogP contribution >= 0.6 is 12.0 Å². The van der Waals surface area contributed by atoms with Gasteiger partial charge in [-0.15, -0.1) is 12.3 Å². The second-order valence-corrected chi connectivity index (χ2v) is 14.7. The smallest absolute Gasteiger partial charge is 0.245 e. The highest BCUT2D eigenvalue weighted by Crippen LogP contribution is 2.67. The highest BCUT2D eigenvalue weighted by Gasteiger charge is 2.59. The Hall–Kier alpha value is -1.53. The molecule has 4 aliphatic carbocycles. The van der Waals surface area contributed by atoms with E-state index in [1.165, 1.54) is 95.5 Å². The molecule has 0 saturated heterocycles. The molecule has 2 amide bonds. The molecule has 0 aromatic heterocycles. The molecule has 4 fully saturated rings. The van der Waals surface area contributed by atoms with E-state index in [1.54, 1.807) is 6.08 Å². The number of nitrogens with two attached hydrogens (primary N) is 1. The zero-order chi connectivity index (χ0) is 35.1. The lowest BCUT2D eigenvalue weighted by molar-refractivity contribution is -0.117. The number of hydrogen-bond acceptors (Lipinski definition) is 6. The van der Waals surface area contributed by atoms with Gasteiger partial charge in [0, 0.05) is 19.2 Å². The van der Waals surface area contributed by atoms with E-state index in [0.717, 1.165) is 49.0 Å². The molecule has 8 atom stereocenters. The van der Waals surface area contributed by atoms with Gasteiger partial charge in [-0.1, -0.05) is 67.4 Å². The van der Waals surface area contributed by atoms with Gasteiger partial charge < -0.3 is 25.7 Å². The number of carbonyl (C=O) groups excluding carboxylic acids is 2. The molecule has 5 N–H and O–H groups in total. The predicted octanol–water partition coefficient (Wildman–Crippen LogP) is 8.65. The average Bonchev–Trinajstić information content (AvgIpc) is 3.42. The van der Waals surface area contributed by atoms with Crippen molar-refractivity contribution in [1.29, 1.82) is 0 Å². The zero-order valence-electron chi connectivity index (χ0n) is 30.9. The molecular formula is C40H75N3O4S. The Morgan fingerprint density at radius 1 is 1.08 bits per heavy atom. The molecule has 0 heterocycles. The van der Waals surface area contributed by atoms with Crippen LogP contribution in [0.1, 0.15) is 145 Å². The fourth-order valence-electron chi connectivity index (χ4n) is 9.41. The first-order valence-corrected chi connectivity index (χ1v) is 20.0. The van der Waals surface area contributed by atoms with Crippen molar-refractivity contribution in [3.8, 4) is 12.3 Å². The number of amides is 2. The lowest BCUT2D eigenvalue weighted by atomic mass is 9.45. The molecule has 4 saturated carbocycles. The van der Waals surface area contributed by atoms with Gasteiger partial charge in [0.25, 0.3) is 0 Å². The summed E-state index contributed by atoms with van der Waals surface area (Å²) in [5, 5.41) is 13.0. The van der Waals surface area contributed by atoms with Gasteiger partial charge >= 0.3 is 0 Å². The molecule has 8 heteroatoms. The van der Waals surface area contributed by atoms with Gasteiger partial charge in [-0.25, -0.2) is 0 Å². The van der Waals surface area contributed by atoms with E-state index in [-0.39, 0.29) is 26.4 Å². The van der Waals surface area contributed by atoms with E-state index < -0.39 is 6.17 Å². The third-order valence-corrected chi connectivity index (χ3v) is 12.1. The lowest BCUT2D eigenvalue weighted by Gasteiger charge is -2.60. The van der Waals surface area contributed by atoms with Crippen LogP contribution in [0.15, 0.2) is 12.2 Å². The third kappa shape index (κ3) is 14.0. The van der Waals surface area contributed by atoms with E-state index in [0.29, 0.717) is 23.8 Å². The Labute approximate surface area is 300 Å². The molecule has 0 bridgehead atoms. The first-order valence-electron chi connectivity index (χ1n) is 18.8. The number of allylic oxidation sites excluding steroid dienone is 1. The molecule has 0 radical (unpaired) electrons. The standard InChI is InChI=1S/C30H46N2O2.C5H12OS.C2H7NO.C2H6.CH4/c1-4-10-27(31-21-33)32-28(34)13-7-5-6-11-23-15-17-25-24-16-14-22-12-8-9-19-29(22,2)26(24)18-20-30(23,25)3;1-3-4-5-6-7-2;3-1-2-4;1-2;/h1,7,13,21-27H,5-6,8-12,14-20H2,2-3H3,(H,31,33)(H,32,34);3-5H2,1-2H3;4H,1-3H2;1-2H3;1H4/b13-7+;;;;. The van der Waals surface area contributed by atoms with Crippen LogP contribution in [0.3, 0.4) is 0 Å². The Morgan fingerprint density at radius 2 is 1.79 bits per heavy atom. The Morgan fingerprint density at radius 3 is 2.42 bits per heavy atom. The number of aliphatic hydroxyl groups is 1. The summed E-state index contributed by atoms with van der Waals surface area (Å²) >= 11 is 1.44. The number of carbonyl (C=O) groups is 2. The van der Waals surface area contributed by atoms with Gasteiger partial charge in [-0.3, -0.25) is 9.59 Å². The summed E-state index contributed by atoms with van der Waals surface area (Å²) in [5.41, 5.74) is 5.94. The van der Waals surface area contributed by atoms with Gasteiger partial charge in [0.05, 0.1) is 13.2 Å². The molecule has 280 valence electrons. The number of aliphatic hydroxyl groups excluding tert-OH is 1. The summed E-state index contributed by atoms with van der Waals surface area (Å²) in [7, 11) is 0. The highest BCUT2D eigenvalue weighted by atomic mass is 32.2. The summed E-state index contributed by atoms with van der Waals surface area (Å²) < 4.78 is 4.99. The molecule has 4 aliphatic rings. The van der Waals surface area contributed by atoms with Gasteiger partial charge in [-0.05, 0) is 136 Å². The molecule has 8 unspecified atom stereocenters. The first-order chi connectivity index (χ1) is 22.7. The van der Waals surface area contributed by atoms with Crippen molar-refractivity contribution in [2.24, 2.45) is 46.2 Å². The van der Waals surface area contributed by atoms with Gasteiger partial charge in [-0.2, -0.15) is 0 Å². The van der Waals surface area contributed by atoms with Crippen molar-refractivity contribution >= 4 is 24.4 Å². The quantitative estimate of drug-likeness (QED) is 0.0362. The van der Waals surface area contributed by atoms with Crippen molar-refractivity contribution in [3.05, 3.63) is 12.2 Å². The summed E-state index contributed by atoms with van der Waals surface area (Å²) in [4.78, 5) is 22.7. The Kier molecular flexibility index (Phi) is 25.5.